The van der Waals surface area contributed by atoms with Gasteiger partial charge in [-0.1, -0.05) is 29.5 Å². The Balaban J connectivity index is 1.71. The lowest BCUT2D eigenvalue weighted by atomic mass is 10.1. The Morgan fingerprint density at radius 1 is 1.08 bits per heavy atom. The van der Waals surface area contributed by atoms with Gasteiger partial charge in [0.05, 0.1) is 25.5 Å². The lowest BCUT2D eigenvalue weighted by Crippen LogP contribution is -2.17. The quantitative estimate of drug-likeness (QED) is 0.299. The minimum atomic E-state index is -0.653. The first kappa shape index (κ1) is 27.2. The molecule has 36 heavy (non-hydrogen) atoms. The summed E-state index contributed by atoms with van der Waals surface area (Å²) in [6.07, 6.45) is -0.350. The number of esters is 2. The smallest absolute Gasteiger partial charge is 0.348 e. The molecule has 0 aliphatic heterocycles. The number of hydrogen-bond acceptors (Lipinski definition) is 10. The molecule has 192 valence electrons. The van der Waals surface area contributed by atoms with Crippen molar-refractivity contribution in [2.24, 2.45) is 0 Å². The summed E-state index contributed by atoms with van der Waals surface area (Å²) in [5, 5.41) is 12.0. The third kappa shape index (κ3) is 6.05. The Bertz CT molecular complexity index is 1250. The van der Waals surface area contributed by atoms with E-state index >= 15 is 0 Å². The maximum absolute atomic E-state index is 12.7. The minimum Gasteiger partial charge on any atom is -0.483 e. The summed E-state index contributed by atoms with van der Waals surface area (Å²) >= 11 is 2.17. The van der Waals surface area contributed by atoms with Crippen molar-refractivity contribution in [2.45, 2.75) is 45.5 Å². The van der Waals surface area contributed by atoms with Crippen LogP contribution in [-0.4, -0.2) is 52.6 Å². The second-order valence-electron chi connectivity index (χ2n) is 7.74. The van der Waals surface area contributed by atoms with Crippen LogP contribution in [0.5, 0.6) is 5.75 Å². The third-order valence-corrected chi connectivity index (χ3v) is 7.41. The highest BCUT2D eigenvalue weighted by Gasteiger charge is 2.27. The van der Waals surface area contributed by atoms with Crippen molar-refractivity contribution in [2.75, 3.05) is 25.3 Å². The van der Waals surface area contributed by atoms with Crippen LogP contribution in [0.25, 0.3) is 0 Å². The maximum Gasteiger partial charge on any atom is 0.348 e. The number of carbonyl (C=O) groups excluding carboxylic acids is 3. The van der Waals surface area contributed by atoms with Crippen molar-refractivity contribution >= 4 is 45.9 Å². The first-order valence-corrected chi connectivity index (χ1v) is 12.9. The molecule has 0 bridgehead atoms. The highest BCUT2D eigenvalue weighted by Crippen LogP contribution is 2.34. The van der Waals surface area contributed by atoms with Crippen molar-refractivity contribution < 1.29 is 28.6 Å². The van der Waals surface area contributed by atoms with E-state index < -0.39 is 11.9 Å². The molecule has 1 unspecified atom stereocenters. The molecule has 10 nitrogen and oxygen atoms in total. The van der Waals surface area contributed by atoms with Crippen LogP contribution in [0.15, 0.2) is 29.4 Å². The lowest BCUT2D eigenvalue weighted by Gasteiger charge is -2.15. The van der Waals surface area contributed by atoms with Crippen LogP contribution in [0.2, 0.25) is 0 Å². The van der Waals surface area contributed by atoms with Crippen molar-refractivity contribution in [3.63, 3.8) is 0 Å². The predicted molar refractivity (Wildman–Crippen MR) is 137 cm³/mol. The van der Waals surface area contributed by atoms with Gasteiger partial charge in [-0.3, -0.25) is 4.79 Å². The van der Waals surface area contributed by atoms with Crippen LogP contribution in [0, 0.1) is 13.8 Å². The van der Waals surface area contributed by atoms with Crippen LogP contribution >= 0.6 is 23.1 Å². The molecular weight excluding hydrogens is 504 g/mol. The van der Waals surface area contributed by atoms with Crippen LogP contribution in [0.3, 0.4) is 0 Å². The van der Waals surface area contributed by atoms with E-state index in [1.54, 1.807) is 6.92 Å². The van der Waals surface area contributed by atoms with E-state index in [2.05, 4.69) is 15.5 Å². The van der Waals surface area contributed by atoms with Crippen LogP contribution in [-0.2, 0) is 20.8 Å². The zero-order valence-corrected chi connectivity index (χ0v) is 22.5. The van der Waals surface area contributed by atoms with Gasteiger partial charge >= 0.3 is 11.9 Å². The summed E-state index contributed by atoms with van der Waals surface area (Å²) < 4.78 is 17.5. The van der Waals surface area contributed by atoms with Gasteiger partial charge in [0.25, 0.3) is 0 Å². The molecule has 2 heterocycles. The van der Waals surface area contributed by atoms with E-state index in [0.717, 1.165) is 22.6 Å². The fourth-order valence-electron chi connectivity index (χ4n) is 3.41. The van der Waals surface area contributed by atoms with Crippen LogP contribution in [0.1, 0.15) is 56.9 Å². The first-order chi connectivity index (χ1) is 17.2. The van der Waals surface area contributed by atoms with E-state index in [1.807, 2.05) is 49.6 Å². The standard InChI is InChI=1S/C24H28N4O6S2/c1-7-28-20(15(4)34-16-10-8-13(2)9-11-16)26-27-24(28)35-12-17(29)25-21-18(22(30)32-5)14(3)19(36-21)23(31)33-6/h8-11,15H,7,12H2,1-6H3,(H,25,29). The number of aromatic nitrogens is 3. The fraction of sp³-hybridized carbons (Fsp3) is 0.375. The Kier molecular flexibility index (Phi) is 9.10. The van der Waals surface area contributed by atoms with Crippen molar-refractivity contribution in [3.05, 3.63) is 51.7 Å². The van der Waals surface area contributed by atoms with E-state index in [9.17, 15) is 14.4 Å². The number of amides is 1. The zero-order valence-electron chi connectivity index (χ0n) is 20.9. The van der Waals surface area contributed by atoms with E-state index in [1.165, 1.54) is 26.0 Å². The normalized spacial score (nSPS) is 11.6. The number of rotatable bonds is 10. The molecule has 1 aromatic carbocycles. The van der Waals surface area contributed by atoms with Crippen molar-refractivity contribution in [1.82, 2.24) is 14.8 Å². The number of carbonyl (C=O) groups is 3. The van der Waals surface area contributed by atoms with Crippen molar-refractivity contribution in [3.8, 4) is 5.75 Å². The summed E-state index contributed by atoms with van der Waals surface area (Å²) in [6.45, 7) is 8.05. The number of methoxy groups -OCH3 is 2. The Morgan fingerprint density at radius 2 is 1.75 bits per heavy atom. The number of nitrogens with one attached hydrogen (secondary N) is 1. The number of nitrogens with zero attached hydrogens (tertiary/aromatic N) is 3. The first-order valence-electron chi connectivity index (χ1n) is 11.1. The van der Waals surface area contributed by atoms with Gasteiger partial charge in [-0.05, 0) is 45.4 Å². The monoisotopic (exact) mass is 532 g/mol. The largest absolute Gasteiger partial charge is 0.483 e. The van der Waals surface area contributed by atoms with E-state index in [-0.39, 0.29) is 33.2 Å². The molecule has 1 atom stereocenters. The highest BCUT2D eigenvalue weighted by molar-refractivity contribution is 7.99. The van der Waals surface area contributed by atoms with Gasteiger partial charge in [-0.25, -0.2) is 9.59 Å². The van der Waals surface area contributed by atoms with Gasteiger partial charge in [0.1, 0.15) is 15.6 Å². The van der Waals surface area contributed by atoms with Crippen LogP contribution < -0.4 is 10.1 Å². The number of benzene rings is 1. The Hall–Kier alpha value is -3.38. The number of thiophene rings is 1. The molecule has 1 N–H and O–H groups in total. The van der Waals surface area contributed by atoms with Gasteiger partial charge in [0, 0.05) is 6.54 Å². The molecule has 0 radical (unpaired) electrons. The lowest BCUT2D eigenvalue weighted by molar-refractivity contribution is -0.113. The summed E-state index contributed by atoms with van der Waals surface area (Å²) in [7, 11) is 2.48. The third-order valence-electron chi connectivity index (χ3n) is 5.25. The van der Waals surface area contributed by atoms with Gasteiger partial charge in [-0.2, -0.15) is 0 Å². The maximum atomic E-state index is 12.7. The van der Waals surface area contributed by atoms with E-state index in [0.29, 0.717) is 23.1 Å². The Morgan fingerprint density at radius 3 is 2.36 bits per heavy atom. The van der Waals surface area contributed by atoms with Gasteiger partial charge in [0.15, 0.2) is 17.1 Å². The minimum absolute atomic E-state index is 0.0104. The molecule has 0 aliphatic rings. The van der Waals surface area contributed by atoms with Gasteiger partial charge in [0.2, 0.25) is 5.91 Å². The molecular formula is C24H28N4O6S2. The number of anilines is 1. The second kappa shape index (κ2) is 12.0. The summed E-state index contributed by atoms with van der Waals surface area (Å²) in [5.74, 6) is -0.241. The Labute approximate surface area is 217 Å². The summed E-state index contributed by atoms with van der Waals surface area (Å²) in [5.41, 5.74) is 1.66. The number of hydrogen-bond donors (Lipinski definition) is 1. The molecule has 0 saturated carbocycles. The SMILES string of the molecule is CCn1c(SCC(=O)Nc2sc(C(=O)OC)c(C)c2C(=O)OC)nnc1C(C)Oc1ccc(C)cc1. The molecule has 0 saturated heterocycles. The fourth-order valence-corrected chi connectivity index (χ4v) is 5.35. The average Bonchev–Trinajstić information content (AvgIpc) is 3.43. The molecule has 3 aromatic rings. The summed E-state index contributed by atoms with van der Waals surface area (Å²) in [6, 6.07) is 7.75. The highest BCUT2D eigenvalue weighted by atomic mass is 32.2. The number of ether oxygens (including phenoxy) is 3. The molecule has 0 fully saturated rings. The average molecular weight is 533 g/mol. The van der Waals surface area contributed by atoms with E-state index in [4.69, 9.17) is 14.2 Å². The second-order valence-corrected chi connectivity index (χ2v) is 9.70. The number of aryl methyl sites for hydroxylation is 1. The predicted octanol–water partition coefficient (Wildman–Crippen LogP) is 4.42. The topological polar surface area (TPSA) is 122 Å². The molecule has 2 aromatic heterocycles. The van der Waals surface area contributed by atoms with Crippen LogP contribution in [0.4, 0.5) is 5.00 Å². The van der Waals surface area contributed by atoms with Gasteiger partial charge in [-0.15, -0.1) is 21.5 Å². The molecule has 12 heteroatoms. The molecule has 0 aliphatic carbocycles. The van der Waals surface area contributed by atoms with Gasteiger partial charge < -0.3 is 24.1 Å². The molecule has 1 amide bonds. The molecule has 3 rings (SSSR count). The molecule has 0 spiro atoms. The van der Waals surface area contributed by atoms with Crippen molar-refractivity contribution in [1.29, 1.82) is 0 Å². The zero-order chi connectivity index (χ0) is 26.4. The number of thioether (sulfide) groups is 1. The summed E-state index contributed by atoms with van der Waals surface area (Å²) in [4.78, 5) is 37.3.